The second kappa shape index (κ2) is 8.19. The van der Waals surface area contributed by atoms with E-state index in [0.29, 0.717) is 23.1 Å². The average Bonchev–Trinajstić information content (AvgIpc) is 3.14. The number of hydrogen-bond donors (Lipinski definition) is 1. The van der Waals surface area contributed by atoms with E-state index in [0.717, 1.165) is 5.69 Å². The van der Waals surface area contributed by atoms with Crippen molar-refractivity contribution in [3.05, 3.63) is 33.5 Å². The van der Waals surface area contributed by atoms with Crippen LogP contribution in [0.4, 0.5) is 5.13 Å². The molecule has 0 aliphatic rings. The molecular weight excluding hydrogens is 332 g/mol. The van der Waals surface area contributed by atoms with E-state index in [9.17, 15) is 9.59 Å². The Morgan fingerprint density at radius 3 is 2.61 bits per heavy atom. The molecule has 2 heterocycles. The largest absolute Gasteiger partial charge is 0.327 e. The smallest absolute Gasteiger partial charge is 0.264 e. The molecule has 0 fully saturated rings. The Hall–Kier alpha value is -1.77. The monoisotopic (exact) mass is 352 g/mol. The number of amides is 2. The number of nitrogens with zero attached hydrogens (tertiary/aromatic N) is 3. The Labute approximate surface area is 143 Å². The number of hydrogen-bond acceptors (Lipinski definition) is 6. The number of carbonyl (C=O) groups excluding carboxylic acids is 2. The highest BCUT2D eigenvalue weighted by atomic mass is 32.1. The van der Waals surface area contributed by atoms with Gasteiger partial charge in [0.05, 0.1) is 10.6 Å². The highest BCUT2D eigenvalue weighted by molar-refractivity contribution is 7.14. The van der Waals surface area contributed by atoms with Gasteiger partial charge in [-0.3, -0.25) is 9.59 Å². The van der Waals surface area contributed by atoms with Gasteiger partial charge in [0.1, 0.15) is 6.54 Å². The van der Waals surface area contributed by atoms with Crippen LogP contribution in [0, 0.1) is 6.92 Å². The minimum atomic E-state index is -0.233. The quantitative estimate of drug-likeness (QED) is 0.829. The van der Waals surface area contributed by atoms with E-state index in [1.807, 2.05) is 42.7 Å². The molecule has 2 amide bonds. The molecule has 0 bridgehead atoms. The van der Waals surface area contributed by atoms with Gasteiger partial charge in [0.25, 0.3) is 5.91 Å². The van der Waals surface area contributed by atoms with Crippen molar-refractivity contribution < 1.29 is 9.59 Å². The third kappa shape index (κ3) is 5.42. The van der Waals surface area contributed by atoms with Crippen molar-refractivity contribution in [1.29, 1.82) is 0 Å². The molecule has 2 aromatic rings. The molecule has 6 nitrogen and oxygen atoms in total. The summed E-state index contributed by atoms with van der Waals surface area (Å²) in [7, 11) is 3.87. The second-order valence-electron chi connectivity index (χ2n) is 5.35. The molecule has 1 N–H and O–H groups in total. The van der Waals surface area contributed by atoms with E-state index in [4.69, 9.17) is 0 Å². The first-order chi connectivity index (χ1) is 11.0. The number of nitrogens with one attached hydrogen (secondary N) is 1. The van der Waals surface area contributed by atoms with E-state index in [-0.39, 0.29) is 18.4 Å². The van der Waals surface area contributed by atoms with Gasteiger partial charge in [-0.15, -0.1) is 22.7 Å². The van der Waals surface area contributed by atoms with Crippen LogP contribution < -0.4 is 5.32 Å². The summed E-state index contributed by atoms with van der Waals surface area (Å²) in [6.07, 6.45) is 0. The molecule has 124 valence electrons. The van der Waals surface area contributed by atoms with E-state index >= 15 is 0 Å². The summed E-state index contributed by atoms with van der Waals surface area (Å²) in [5, 5.41) is 7.03. The van der Waals surface area contributed by atoms with Crippen LogP contribution in [0.2, 0.25) is 0 Å². The molecular formula is C15H20N4O2S2. The minimum absolute atomic E-state index is 0.0171. The van der Waals surface area contributed by atoms with Gasteiger partial charge in [0.15, 0.2) is 5.13 Å². The zero-order valence-corrected chi connectivity index (χ0v) is 15.0. The first-order valence-electron chi connectivity index (χ1n) is 7.15. The zero-order chi connectivity index (χ0) is 16.8. The molecule has 0 spiro atoms. The maximum absolute atomic E-state index is 12.5. The predicted octanol–water partition coefficient (Wildman–Crippen LogP) is 2.16. The van der Waals surface area contributed by atoms with Gasteiger partial charge >= 0.3 is 0 Å². The van der Waals surface area contributed by atoms with Gasteiger partial charge in [0, 0.05) is 18.5 Å². The lowest BCUT2D eigenvalue weighted by Gasteiger charge is -2.23. The molecule has 23 heavy (non-hydrogen) atoms. The summed E-state index contributed by atoms with van der Waals surface area (Å²) in [4.78, 5) is 33.1. The summed E-state index contributed by atoms with van der Waals surface area (Å²) < 4.78 is 0. The summed E-state index contributed by atoms with van der Waals surface area (Å²) in [5.41, 5.74) is 0.865. The number of rotatable bonds is 7. The third-order valence-corrected chi connectivity index (χ3v) is 4.77. The SMILES string of the molecule is Cc1csc(NC(=O)CN(CCN(C)C)C(=O)c2cccs2)n1. The Morgan fingerprint density at radius 1 is 1.26 bits per heavy atom. The van der Waals surface area contributed by atoms with Gasteiger partial charge in [-0.1, -0.05) is 6.07 Å². The van der Waals surface area contributed by atoms with Crippen LogP contribution in [-0.2, 0) is 4.79 Å². The van der Waals surface area contributed by atoms with Gasteiger partial charge in [-0.25, -0.2) is 4.98 Å². The summed E-state index contributed by atoms with van der Waals surface area (Å²) >= 11 is 2.76. The van der Waals surface area contributed by atoms with Crippen LogP contribution in [0.1, 0.15) is 15.4 Å². The number of thiazole rings is 1. The zero-order valence-electron chi connectivity index (χ0n) is 13.4. The molecule has 0 aliphatic carbocycles. The predicted molar refractivity (Wildman–Crippen MR) is 94.3 cm³/mol. The number of anilines is 1. The van der Waals surface area contributed by atoms with Crippen molar-refractivity contribution in [2.45, 2.75) is 6.92 Å². The van der Waals surface area contributed by atoms with Gasteiger partial charge in [0.2, 0.25) is 5.91 Å². The molecule has 0 atom stereocenters. The van der Waals surface area contributed by atoms with Gasteiger partial charge < -0.3 is 15.1 Å². The van der Waals surface area contributed by atoms with Crippen LogP contribution in [0.25, 0.3) is 0 Å². The normalized spacial score (nSPS) is 10.8. The lowest BCUT2D eigenvalue weighted by atomic mass is 10.3. The van der Waals surface area contributed by atoms with Crippen molar-refractivity contribution in [2.24, 2.45) is 0 Å². The summed E-state index contributed by atoms with van der Waals surface area (Å²) in [5.74, 6) is -0.352. The number of aryl methyl sites for hydroxylation is 1. The molecule has 0 saturated heterocycles. The molecule has 0 radical (unpaired) electrons. The van der Waals surface area contributed by atoms with Crippen molar-refractivity contribution >= 4 is 39.6 Å². The summed E-state index contributed by atoms with van der Waals surface area (Å²) in [6.45, 7) is 3.08. The Kier molecular flexibility index (Phi) is 6.26. The van der Waals surface area contributed by atoms with Crippen LogP contribution in [-0.4, -0.2) is 60.3 Å². The summed E-state index contributed by atoms with van der Waals surface area (Å²) in [6, 6.07) is 3.61. The number of carbonyl (C=O) groups is 2. The van der Waals surface area contributed by atoms with Gasteiger partial charge in [-0.05, 0) is 32.5 Å². The number of thiophene rings is 1. The Morgan fingerprint density at radius 2 is 2.04 bits per heavy atom. The fourth-order valence-electron chi connectivity index (χ4n) is 1.87. The second-order valence-corrected chi connectivity index (χ2v) is 7.16. The van der Waals surface area contributed by atoms with Crippen LogP contribution in [0.3, 0.4) is 0 Å². The van der Waals surface area contributed by atoms with Crippen LogP contribution in [0.5, 0.6) is 0 Å². The lowest BCUT2D eigenvalue weighted by molar-refractivity contribution is -0.116. The standard InChI is InChI=1S/C15H20N4O2S2/c1-11-10-23-15(16-11)17-13(20)9-19(7-6-18(2)3)14(21)12-5-4-8-22-12/h4-5,8,10H,6-7,9H2,1-3H3,(H,16,17,20). The van der Waals surface area contributed by atoms with E-state index < -0.39 is 0 Å². The highest BCUT2D eigenvalue weighted by Crippen LogP contribution is 2.15. The van der Waals surface area contributed by atoms with E-state index in [1.54, 1.807) is 11.0 Å². The number of aromatic nitrogens is 1. The Balaban J connectivity index is 2.01. The van der Waals surface area contributed by atoms with Crippen LogP contribution in [0.15, 0.2) is 22.9 Å². The van der Waals surface area contributed by atoms with E-state index in [1.165, 1.54) is 22.7 Å². The van der Waals surface area contributed by atoms with Crippen molar-refractivity contribution in [1.82, 2.24) is 14.8 Å². The fourth-order valence-corrected chi connectivity index (χ4v) is 3.27. The third-order valence-electron chi connectivity index (χ3n) is 3.04. The molecule has 2 aromatic heterocycles. The molecule has 0 aromatic carbocycles. The topological polar surface area (TPSA) is 65.5 Å². The highest BCUT2D eigenvalue weighted by Gasteiger charge is 2.20. The maximum atomic E-state index is 12.5. The van der Waals surface area contributed by atoms with Crippen LogP contribution >= 0.6 is 22.7 Å². The molecule has 0 aliphatic heterocycles. The lowest BCUT2D eigenvalue weighted by Crippen LogP contribution is -2.41. The fraction of sp³-hybridized carbons (Fsp3) is 0.400. The van der Waals surface area contributed by atoms with Crippen molar-refractivity contribution in [2.75, 3.05) is 39.0 Å². The van der Waals surface area contributed by atoms with Crippen molar-refractivity contribution in [3.8, 4) is 0 Å². The minimum Gasteiger partial charge on any atom is -0.327 e. The van der Waals surface area contributed by atoms with E-state index in [2.05, 4.69) is 10.3 Å². The first kappa shape index (κ1) is 17.6. The Bertz CT molecular complexity index is 652. The molecule has 0 unspecified atom stereocenters. The first-order valence-corrected chi connectivity index (χ1v) is 8.91. The van der Waals surface area contributed by atoms with Gasteiger partial charge in [-0.2, -0.15) is 0 Å². The number of likely N-dealkylation sites (N-methyl/N-ethyl adjacent to an activating group) is 1. The maximum Gasteiger partial charge on any atom is 0.264 e. The van der Waals surface area contributed by atoms with Crippen molar-refractivity contribution in [3.63, 3.8) is 0 Å². The average molecular weight is 352 g/mol. The molecule has 8 heteroatoms. The molecule has 0 saturated carbocycles. The molecule has 2 rings (SSSR count).